The van der Waals surface area contributed by atoms with Crippen molar-refractivity contribution in [2.75, 3.05) is 6.54 Å². The fourth-order valence-corrected chi connectivity index (χ4v) is 4.76. The van der Waals surface area contributed by atoms with Crippen LogP contribution in [0, 0.1) is 6.92 Å². The molecule has 1 heterocycles. The molecule has 4 heteroatoms. The molecule has 1 aliphatic carbocycles. The Morgan fingerprint density at radius 1 is 1.09 bits per heavy atom. The number of H-pyrrole nitrogens is 1. The second-order valence-electron chi connectivity index (χ2n) is 8.72. The van der Waals surface area contributed by atoms with Crippen LogP contribution in [-0.4, -0.2) is 28.1 Å². The molecule has 0 radical (unpaired) electrons. The van der Waals surface area contributed by atoms with Gasteiger partial charge >= 0.3 is 0 Å². The van der Waals surface area contributed by atoms with Crippen molar-refractivity contribution in [2.24, 2.45) is 4.99 Å². The van der Waals surface area contributed by atoms with E-state index >= 15 is 0 Å². The van der Waals surface area contributed by atoms with E-state index in [1.54, 1.807) is 0 Å². The van der Waals surface area contributed by atoms with Gasteiger partial charge < -0.3 is 10.1 Å². The van der Waals surface area contributed by atoms with Crippen LogP contribution in [0.2, 0.25) is 0 Å². The number of hydrogen-bond acceptors (Lipinski definition) is 3. The molecule has 4 rings (SSSR count). The van der Waals surface area contributed by atoms with Gasteiger partial charge in [-0.2, -0.15) is 0 Å². The van der Waals surface area contributed by atoms with Gasteiger partial charge in [-0.05, 0) is 49.3 Å². The standard InChI is InChI=1S/C28H32N2O2/c1-3-4-14-26(31)28-25(17-21(18-27(28)32)20-10-6-5-7-11-20)29-16-15-22-19(2)30-24-13-9-8-12-23(22)24/h5-13,21,30-31H,3-4,14-18H2,1-2H3/b28-26-,29-25?. The first-order chi connectivity index (χ1) is 15.6. The summed E-state index contributed by atoms with van der Waals surface area (Å²) in [5.74, 6) is 0.339. The molecule has 1 atom stereocenters. The van der Waals surface area contributed by atoms with Crippen molar-refractivity contribution in [3.63, 3.8) is 0 Å². The van der Waals surface area contributed by atoms with Crippen molar-refractivity contribution >= 4 is 22.4 Å². The minimum atomic E-state index is 0.0146. The van der Waals surface area contributed by atoms with E-state index < -0.39 is 0 Å². The molecule has 0 aliphatic heterocycles. The van der Waals surface area contributed by atoms with Crippen molar-refractivity contribution in [1.29, 1.82) is 0 Å². The number of aryl methyl sites for hydroxylation is 1. The van der Waals surface area contributed by atoms with Gasteiger partial charge in [0.05, 0.1) is 5.57 Å². The zero-order valence-corrected chi connectivity index (χ0v) is 19.0. The van der Waals surface area contributed by atoms with Gasteiger partial charge in [-0.25, -0.2) is 0 Å². The maximum Gasteiger partial charge on any atom is 0.168 e. The highest BCUT2D eigenvalue weighted by Gasteiger charge is 2.32. The maximum absolute atomic E-state index is 13.1. The number of carbonyl (C=O) groups is 1. The predicted molar refractivity (Wildman–Crippen MR) is 132 cm³/mol. The number of nitrogens with one attached hydrogen (secondary N) is 1. The number of carbonyl (C=O) groups excluding carboxylic acids is 1. The number of unbranched alkanes of at least 4 members (excludes halogenated alkanes) is 1. The zero-order valence-electron chi connectivity index (χ0n) is 19.0. The molecule has 4 nitrogen and oxygen atoms in total. The Morgan fingerprint density at radius 3 is 2.62 bits per heavy atom. The lowest BCUT2D eigenvalue weighted by atomic mass is 9.78. The number of aromatic nitrogens is 1. The number of ketones is 1. The summed E-state index contributed by atoms with van der Waals surface area (Å²) in [7, 11) is 0. The van der Waals surface area contributed by atoms with Crippen LogP contribution in [0.4, 0.5) is 0 Å². The van der Waals surface area contributed by atoms with Crippen molar-refractivity contribution in [2.45, 2.75) is 58.3 Å². The molecule has 166 valence electrons. The summed E-state index contributed by atoms with van der Waals surface area (Å²) in [6.45, 7) is 4.78. The van der Waals surface area contributed by atoms with Crippen molar-refractivity contribution in [3.8, 4) is 0 Å². The summed E-state index contributed by atoms with van der Waals surface area (Å²) in [5.41, 5.74) is 5.97. The van der Waals surface area contributed by atoms with Crippen LogP contribution in [0.5, 0.6) is 0 Å². The van der Waals surface area contributed by atoms with Gasteiger partial charge in [0.2, 0.25) is 0 Å². The second kappa shape index (κ2) is 9.99. The molecule has 1 saturated carbocycles. The van der Waals surface area contributed by atoms with Gasteiger partial charge in [-0.15, -0.1) is 0 Å². The van der Waals surface area contributed by atoms with E-state index in [9.17, 15) is 9.90 Å². The summed E-state index contributed by atoms with van der Waals surface area (Å²) in [5, 5.41) is 12.0. The third-order valence-corrected chi connectivity index (χ3v) is 6.46. The number of Topliss-reactive ketones (excluding diaryl/α,β-unsaturated/α-hetero) is 1. The average Bonchev–Trinajstić information content (AvgIpc) is 3.13. The monoisotopic (exact) mass is 428 g/mol. The van der Waals surface area contributed by atoms with Gasteiger partial charge in [0.15, 0.2) is 5.78 Å². The highest BCUT2D eigenvalue weighted by atomic mass is 16.3. The third-order valence-electron chi connectivity index (χ3n) is 6.46. The molecular formula is C28H32N2O2. The maximum atomic E-state index is 13.1. The van der Waals surface area contributed by atoms with Crippen molar-refractivity contribution in [1.82, 2.24) is 4.98 Å². The number of benzene rings is 2. The number of aliphatic imine (C=N–C) groups is 1. The smallest absolute Gasteiger partial charge is 0.168 e. The van der Waals surface area contributed by atoms with E-state index in [1.165, 1.54) is 10.9 Å². The van der Waals surface area contributed by atoms with E-state index in [0.29, 0.717) is 31.4 Å². The lowest BCUT2D eigenvalue weighted by Gasteiger charge is -2.26. The first-order valence-corrected chi connectivity index (χ1v) is 11.7. The fourth-order valence-electron chi connectivity index (χ4n) is 4.76. The Bertz CT molecular complexity index is 1150. The van der Waals surface area contributed by atoms with Crippen LogP contribution in [0.1, 0.15) is 61.8 Å². The van der Waals surface area contributed by atoms with Gasteiger partial charge in [0.25, 0.3) is 0 Å². The molecule has 1 aliphatic rings. The number of nitrogens with zero attached hydrogens (tertiary/aromatic N) is 1. The number of aliphatic hydroxyl groups is 1. The topological polar surface area (TPSA) is 65.4 Å². The van der Waals surface area contributed by atoms with E-state index in [-0.39, 0.29) is 17.5 Å². The van der Waals surface area contributed by atoms with Gasteiger partial charge in [0, 0.05) is 41.7 Å². The van der Waals surface area contributed by atoms with Crippen LogP contribution in [0.15, 0.2) is 70.9 Å². The molecule has 0 bridgehead atoms. The molecule has 1 unspecified atom stereocenters. The zero-order chi connectivity index (χ0) is 22.5. The molecule has 1 fully saturated rings. The SMILES string of the molecule is CCCC/C(O)=C1/C(=O)CC(c2ccccc2)CC1=NCCc1c(C)[nH]c2ccccc12. The van der Waals surface area contributed by atoms with Gasteiger partial charge in [-0.3, -0.25) is 9.79 Å². The molecule has 2 aromatic carbocycles. The molecular weight excluding hydrogens is 396 g/mol. The Kier molecular flexibility index (Phi) is 6.89. The second-order valence-corrected chi connectivity index (χ2v) is 8.72. The summed E-state index contributed by atoms with van der Waals surface area (Å²) in [6, 6.07) is 18.5. The Balaban J connectivity index is 1.61. The number of para-hydroxylation sites is 1. The Labute approximate surface area is 190 Å². The Morgan fingerprint density at radius 2 is 1.84 bits per heavy atom. The fraction of sp³-hybridized carbons (Fsp3) is 0.357. The van der Waals surface area contributed by atoms with Gasteiger partial charge in [0.1, 0.15) is 5.76 Å². The minimum Gasteiger partial charge on any atom is -0.511 e. The predicted octanol–water partition coefficient (Wildman–Crippen LogP) is 6.61. The number of aliphatic hydroxyl groups excluding tert-OH is 1. The normalized spacial score (nSPS) is 19.6. The summed E-state index contributed by atoms with van der Waals surface area (Å²) < 4.78 is 0. The molecule has 0 amide bonds. The van der Waals surface area contributed by atoms with Crippen LogP contribution < -0.4 is 0 Å². The first-order valence-electron chi connectivity index (χ1n) is 11.7. The number of hydrogen-bond donors (Lipinski definition) is 2. The molecule has 1 aromatic heterocycles. The molecule has 32 heavy (non-hydrogen) atoms. The highest BCUT2D eigenvalue weighted by molar-refractivity contribution is 6.24. The van der Waals surface area contributed by atoms with Crippen molar-refractivity contribution in [3.05, 3.63) is 82.8 Å². The van der Waals surface area contributed by atoms with E-state index in [1.807, 2.05) is 24.3 Å². The number of fused-ring (bicyclic) bond motifs is 1. The van der Waals surface area contributed by atoms with Crippen LogP contribution in [-0.2, 0) is 11.2 Å². The van der Waals surface area contributed by atoms with Gasteiger partial charge in [-0.1, -0.05) is 61.9 Å². The van der Waals surface area contributed by atoms with E-state index in [2.05, 4.69) is 49.2 Å². The van der Waals surface area contributed by atoms with E-state index in [4.69, 9.17) is 4.99 Å². The highest BCUT2D eigenvalue weighted by Crippen LogP contribution is 2.34. The van der Waals surface area contributed by atoms with Crippen LogP contribution >= 0.6 is 0 Å². The summed E-state index contributed by atoms with van der Waals surface area (Å²) in [4.78, 5) is 21.5. The average molecular weight is 429 g/mol. The lowest BCUT2D eigenvalue weighted by Crippen LogP contribution is -2.27. The van der Waals surface area contributed by atoms with Crippen molar-refractivity contribution < 1.29 is 9.90 Å². The quantitative estimate of drug-likeness (QED) is 0.328. The summed E-state index contributed by atoms with van der Waals surface area (Å²) in [6.07, 6.45) is 4.29. The van der Waals surface area contributed by atoms with Crippen LogP contribution in [0.3, 0.4) is 0 Å². The first kappa shape index (κ1) is 22.1. The third kappa shape index (κ3) is 4.69. The summed E-state index contributed by atoms with van der Waals surface area (Å²) >= 11 is 0. The number of aromatic amines is 1. The molecule has 3 aromatic rings. The molecule has 0 spiro atoms. The molecule has 0 saturated heterocycles. The number of allylic oxidation sites excluding steroid dienone is 2. The van der Waals surface area contributed by atoms with E-state index in [0.717, 1.165) is 41.7 Å². The largest absolute Gasteiger partial charge is 0.511 e. The lowest BCUT2D eigenvalue weighted by molar-refractivity contribution is -0.116. The molecule has 2 N–H and O–H groups in total. The number of rotatable bonds is 7. The van der Waals surface area contributed by atoms with Crippen LogP contribution in [0.25, 0.3) is 10.9 Å². The minimum absolute atomic E-state index is 0.0146. The Hall–Kier alpha value is -3.14.